The third-order valence-corrected chi connectivity index (χ3v) is 7.33. The minimum absolute atomic E-state index is 0.221. The fraction of sp³-hybridized carbons (Fsp3) is 0.478. The van der Waals surface area contributed by atoms with Gasteiger partial charge >= 0.3 is 0 Å². The highest BCUT2D eigenvalue weighted by Gasteiger charge is 2.37. The number of ether oxygens (including phenoxy) is 2. The summed E-state index contributed by atoms with van der Waals surface area (Å²) in [5, 5.41) is 0. The lowest BCUT2D eigenvalue weighted by Crippen LogP contribution is -2.41. The van der Waals surface area contributed by atoms with E-state index in [1.165, 1.54) is 12.7 Å². The fourth-order valence-electron chi connectivity index (χ4n) is 4.44. The van der Waals surface area contributed by atoms with Crippen LogP contribution in [0.3, 0.4) is 0 Å². The van der Waals surface area contributed by atoms with Crippen molar-refractivity contribution in [3.8, 4) is 11.5 Å². The average Bonchev–Trinajstić information content (AvgIpc) is 2.66. The van der Waals surface area contributed by atoms with E-state index in [1.54, 1.807) is 6.07 Å². The lowest BCUT2D eigenvalue weighted by molar-refractivity contribution is 0.0701. The molecule has 2 aromatic carbocycles. The number of fused-ring (bicyclic) bond motifs is 2. The van der Waals surface area contributed by atoms with Crippen molar-refractivity contribution in [2.45, 2.75) is 69.4 Å². The topological polar surface area (TPSA) is 64.6 Å². The maximum Gasteiger partial charge on any atom is 0.244 e. The molecule has 29 heavy (non-hydrogen) atoms. The number of aryl methyl sites for hydroxylation is 3. The van der Waals surface area contributed by atoms with Gasteiger partial charge in [-0.25, -0.2) is 13.1 Å². The predicted molar refractivity (Wildman–Crippen MR) is 113 cm³/mol. The highest BCUT2D eigenvalue weighted by molar-refractivity contribution is 7.89. The monoisotopic (exact) mass is 415 g/mol. The van der Waals surface area contributed by atoms with Crippen LogP contribution in [0.1, 0.15) is 61.4 Å². The Balaban J connectivity index is 1.74. The number of sulfonamides is 1. The first-order valence-corrected chi connectivity index (χ1v) is 11.7. The Labute approximate surface area is 173 Å². The normalized spacial score (nSPS) is 20.3. The quantitative estimate of drug-likeness (QED) is 0.801. The van der Waals surface area contributed by atoms with E-state index in [1.807, 2.05) is 45.0 Å². The van der Waals surface area contributed by atoms with Gasteiger partial charge in [0, 0.05) is 12.0 Å². The summed E-state index contributed by atoms with van der Waals surface area (Å²) in [6.07, 6.45) is 4.66. The molecule has 6 heteroatoms. The van der Waals surface area contributed by atoms with Gasteiger partial charge in [0.25, 0.3) is 0 Å². The summed E-state index contributed by atoms with van der Waals surface area (Å²) in [6.45, 7) is 5.96. The molecule has 0 unspecified atom stereocenters. The lowest BCUT2D eigenvalue weighted by Gasteiger charge is -2.38. The fourth-order valence-corrected chi connectivity index (χ4v) is 5.86. The highest BCUT2D eigenvalue weighted by Crippen LogP contribution is 2.41. The molecule has 0 bridgehead atoms. The molecule has 5 nitrogen and oxygen atoms in total. The Morgan fingerprint density at radius 3 is 2.48 bits per heavy atom. The van der Waals surface area contributed by atoms with Gasteiger partial charge in [-0.05, 0) is 75.8 Å². The van der Waals surface area contributed by atoms with Gasteiger partial charge in [0.15, 0.2) is 0 Å². The second kappa shape index (κ2) is 7.33. The van der Waals surface area contributed by atoms with E-state index in [4.69, 9.17) is 9.47 Å². The molecule has 0 aromatic heterocycles. The molecular formula is C23H29NO4S. The summed E-state index contributed by atoms with van der Waals surface area (Å²) in [5.74, 6) is 1.14. The Morgan fingerprint density at radius 1 is 1.10 bits per heavy atom. The summed E-state index contributed by atoms with van der Waals surface area (Å²) < 4.78 is 41.4. The van der Waals surface area contributed by atoms with Gasteiger partial charge in [-0.3, -0.25) is 0 Å². The number of nitrogens with one attached hydrogen (secondary N) is 1. The van der Waals surface area contributed by atoms with E-state index < -0.39 is 15.6 Å². The van der Waals surface area contributed by atoms with E-state index in [9.17, 15) is 8.42 Å². The van der Waals surface area contributed by atoms with Crippen LogP contribution in [0.25, 0.3) is 0 Å². The van der Waals surface area contributed by atoms with E-state index in [-0.39, 0.29) is 10.9 Å². The third kappa shape index (κ3) is 4.01. The minimum Gasteiger partial charge on any atom is -0.495 e. The van der Waals surface area contributed by atoms with Crippen molar-refractivity contribution in [3.05, 3.63) is 52.6 Å². The van der Waals surface area contributed by atoms with E-state index in [0.717, 1.165) is 48.1 Å². The van der Waals surface area contributed by atoms with Gasteiger partial charge in [-0.15, -0.1) is 0 Å². The molecule has 1 heterocycles. The zero-order valence-corrected chi connectivity index (χ0v) is 18.4. The highest BCUT2D eigenvalue weighted by atomic mass is 32.2. The maximum atomic E-state index is 13.4. The molecule has 0 saturated carbocycles. The van der Waals surface area contributed by atoms with Crippen molar-refractivity contribution < 1.29 is 17.9 Å². The van der Waals surface area contributed by atoms with Crippen molar-refractivity contribution in [1.29, 1.82) is 0 Å². The first kappa shape index (κ1) is 20.2. The van der Waals surface area contributed by atoms with Crippen molar-refractivity contribution in [1.82, 2.24) is 4.72 Å². The smallest absolute Gasteiger partial charge is 0.244 e. The summed E-state index contributed by atoms with van der Waals surface area (Å²) in [7, 11) is -2.24. The molecule has 156 valence electrons. The largest absolute Gasteiger partial charge is 0.495 e. The molecule has 0 fully saturated rings. The van der Waals surface area contributed by atoms with Crippen LogP contribution in [0.4, 0.5) is 0 Å². The number of methoxy groups -OCH3 is 1. The van der Waals surface area contributed by atoms with Gasteiger partial charge in [0.1, 0.15) is 22.0 Å². The molecule has 0 spiro atoms. The molecule has 4 rings (SSSR count). The van der Waals surface area contributed by atoms with Crippen LogP contribution >= 0.6 is 0 Å². The molecule has 1 N–H and O–H groups in total. The average molecular weight is 416 g/mol. The molecule has 0 amide bonds. The van der Waals surface area contributed by atoms with Crippen molar-refractivity contribution in [2.75, 3.05) is 7.11 Å². The molecule has 0 saturated heterocycles. The summed E-state index contributed by atoms with van der Waals surface area (Å²) >= 11 is 0. The number of benzene rings is 2. The first-order chi connectivity index (χ1) is 13.7. The molecule has 1 aliphatic heterocycles. The lowest BCUT2D eigenvalue weighted by atomic mass is 9.89. The Bertz CT molecular complexity index is 1040. The van der Waals surface area contributed by atoms with Gasteiger partial charge in [0.2, 0.25) is 10.0 Å². The molecule has 1 atom stereocenters. The second-order valence-electron chi connectivity index (χ2n) is 8.76. The standard InChI is InChI=1S/C23H29NO4S/c1-15-9-10-20-18(11-15)19(14-23(2,3)28-20)24-29(25,26)22-13-17-8-6-5-7-16(17)12-21(22)27-4/h9-13,19,24H,5-8,14H2,1-4H3/t19-/m1/s1. The zero-order valence-electron chi connectivity index (χ0n) is 17.5. The molecule has 2 aliphatic rings. The Morgan fingerprint density at radius 2 is 1.79 bits per heavy atom. The van der Waals surface area contributed by atoms with E-state index in [0.29, 0.717) is 12.2 Å². The van der Waals surface area contributed by atoms with E-state index >= 15 is 0 Å². The van der Waals surface area contributed by atoms with Crippen LogP contribution in [0, 0.1) is 6.92 Å². The minimum atomic E-state index is -3.77. The summed E-state index contributed by atoms with van der Waals surface area (Å²) in [5.41, 5.74) is 3.80. The van der Waals surface area contributed by atoms with Gasteiger partial charge in [-0.1, -0.05) is 17.7 Å². The molecular weight excluding hydrogens is 386 g/mol. The Hall–Kier alpha value is -2.05. The Kier molecular flexibility index (Phi) is 5.11. The second-order valence-corrected chi connectivity index (χ2v) is 10.4. The number of hydrogen-bond acceptors (Lipinski definition) is 4. The maximum absolute atomic E-state index is 13.4. The van der Waals surface area contributed by atoms with Crippen LogP contribution in [-0.4, -0.2) is 21.1 Å². The molecule has 2 aromatic rings. The van der Waals surface area contributed by atoms with Crippen molar-refractivity contribution in [3.63, 3.8) is 0 Å². The van der Waals surface area contributed by atoms with Gasteiger partial charge < -0.3 is 9.47 Å². The van der Waals surface area contributed by atoms with Crippen molar-refractivity contribution in [2.24, 2.45) is 0 Å². The van der Waals surface area contributed by atoms with Crippen LogP contribution in [-0.2, 0) is 22.9 Å². The van der Waals surface area contributed by atoms with E-state index in [2.05, 4.69) is 4.72 Å². The van der Waals surface area contributed by atoms with Crippen LogP contribution in [0.15, 0.2) is 35.2 Å². The molecule has 1 aliphatic carbocycles. The number of hydrogen-bond donors (Lipinski definition) is 1. The van der Waals surface area contributed by atoms with Crippen LogP contribution < -0.4 is 14.2 Å². The SMILES string of the molecule is COc1cc2c(cc1S(=O)(=O)N[C@@H]1CC(C)(C)Oc3ccc(C)cc31)CCCC2. The zero-order chi connectivity index (χ0) is 20.8. The first-order valence-electron chi connectivity index (χ1n) is 10.2. The molecule has 0 radical (unpaired) electrons. The predicted octanol–water partition coefficient (Wildman–Crippen LogP) is 4.46. The van der Waals surface area contributed by atoms with Crippen LogP contribution in [0.2, 0.25) is 0 Å². The summed E-state index contributed by atoms with van der Waals surface area (Å²) in [4.78, 5) is 0.221. The van der Waals surface area contributed by atoms with Gasteiger partial charge in [0.05, 0.1) is 13.2 Å². The number of rotatable bonds is 4. The van der Waals surface area contributed by atoms with Crippen molar-refractivity contribution >= 4 is 10.0 Å². The van der Waals surface area contributed by atoms with Crippen LogP contribution in [0.5, 0.6) is 11.5 Å². The van der Waals surface area contributed by atoms with Gasteiger partial charge in [-0.2, -0.15) is 0 Å². The third-order valence-electron chi connectivity index (χ3n) is 5.84. The summed E-state index contributed by atoms with van der Waals surface area (Å²) in [6, 6.07) is 9.25.